The minimum atomic E-state index is -4.79. The Morgan fingerprint density at radius 1 is 1.16 bits per heavy atom. The zero-order valence-corrected chi connectivity index (χ0v) is 17.5. The molecule has 10 heteroatoms. The van der Waals surface area contributed by atoms with Gasteiger partial charge < -0.3 is 15.4 Å². The van der Waals surface area contributed by atoms with E-state index < -0.39 is 12.3 Å². The van der Waals surface area contributed by atoms with E-state index in [2.05, 4.69) is 20.5 Å². The van der Waals surface area contributed by atoms with E-state index in [0.717, 1.165) is 38.5 Å². The zero-order chi connectivity index (χ0) is 22.7. The molecule has 1 aliphatic carbocycles. The normalized spacial score (nSPS) is 20.0. The van der Waals surface area contributed by atoms with Gasteiger partial charge in [0, 0.05) is 24.6 Å². The summed E-state index contributed by atoms with van der Waals surface area (Å²) in [4.78, 5) is 24.0. The molecular formula is C22H25F3N4O3. The number of carbonyl (C=O) groups excluding carboxylic acids is 2. The van der Waals surface area contributed by atoms with Crippen molar-refractivity contribution >= 4 is 17.6 Å². The molecule has 0 unspecified atom stereocenters. The second-order valence-corrected chi connectivity index (χ2v) is 8.27. The number of benzene rings is 1. The highest BCUT2D eigenvalue weighted by molar-refractivity contribution is 5.96. The van der Waals surface area contributed by atoms with Crippen LogP contribution < -0.4 is 15.4 Å². The van der Waals surface area contributed by atoms with E-state index in [1.807, 2.05) is 4.68 Å². The van der Waals surface area contributed by atoms with E-state index in [1.54, 1.807) is 12.1 Å². The van der Waals surface area contributed by atoms with Crippen LogP contribution in [0.5, 0.6) is 5.75 Å². The van der Waals surface area contributed by atoms with Crippen molar-refractivity contribution in [2.24, 2.45) is 5.92 Å². The van der Waals surface area contributed by atoms with Crippen molar-refractivity contribution in [1.29, 1.82) is 0 Å². The van der Waals surface area contributed by atoms with E-state index in [-0.39, 0.29) is 36.6 Å². The SMILES string of the molecule is O=C1C[C@@H](C(=O)Nc2cc(-c3cccc(OC(F)(F)F)c3)n(C3CCCCCC3)n2)CN1. The number of rotatable bonds is 5. The lowest BCUT2D eigenvalue weighted by Gasteiger charge is -2.18. The fourth-order valence-electron chi connectivity index (χ4n) is 4.32. The Kier molecular flexibility index (Phi) is 6.38. The largest absolute Gasteiger partial charge is 0.573 e. The van der Waals surface area contributed by atoms with E-state index in [1.165, 1.54) is 18.2 Å². The quantitative estimate of drug-likeness (QED) is 0.661. The number of aromatic nitrogens is 2. The second kappa shape index (κ2) is 9.22. The Labute approximate surface area is 183 Å². The molecule has 2 fully saturated rings. The number of hydrogen-bond acceptors (Lipinski definition) is 4. The van der Waals surface area contributed by atoms with Crippen molar-refractivity contribution in [3.63, 3.8) is 0 Å². The third-order valence-corrected chi connectivity index (χ3v) is 5.87. The number of amides is 2. The van der Waals surface area contributed by atoms with Crippen molar-refractivity contribution in [3.05, 3.63) is 30.3 Å². The number of carbonyl (C=O) groups is 2. The lowest BCUT2D eigenvalue weighted by molar-refractivity contribution is -0.274. The van der Waals surface area contributed by atoms with Gasteiger partial charge in [-0.25, -0.2) is 0 Å². The van der Waals surface area contributed by atoms with Crippen LogP contribution >= 0.6 is 0 Å². The fourth-order valence-corrected chi connectivity index (χ4v) is 4.32. The number of anilines is 1. The van der Waals surface area contributed by atoms with Gasteiger partial charge in [0.2, 0.25) is 11.8 Å². The summed E-state index contributed by atoms with van der Waals surface area (Å²) in [6.07, 6.45) is 1.49. The molecule has 1 aromatic heterocycles. The van der Waals surface area contributed by atoms with Crippen LogP contribution in [0.15, 0.2) is 30.3 Å². The van der Waals surface area contributed by atoms with Gasteiger partial charge in [0.05, 0.1) is 17.7 Å². The highest BCUT2D eigenvalue weighted by Gasteiger charge is 2.32. The monoisotopic (exact) mass is 450 g/mol. The van der Waals surface area contributed by atoms with Crippen LogP contribution in [-0.2, 0) is 9.59 Å². The Bertz CT molecular complexity index is 981. The fraction of sp³-hybridized carbons (Fsp3) is 0.500. The highest BCUT2D eigenvalue weighted by Crippen LogP contribution is 2.35. The molecule has 1 saturated heterocycles. The summed E-state index contributed by atoms with van der Waals surface area (Å²) in [5.74, 6) is -0.955. The van der Waals surface area contributed by atoms with Crippen LogP contribution in [0, 0.1) is 5.92 Å². The Morgan fingerprint density at radius 3 is 2.56 bits per heavy atom. The number of alkyl halides is 3. The predicted molar refractivity (Wildman–Crippen MR) is 111 cm³/mol. The molecule has 2 N–H and O–H groups in total. The molecule has 0 spiro atoms. The van der Waals surface area contributed by atoms with E-state index >= 15 is 0 Å². The number of ether oxygens (including phenoxy) is 1. The summed E-state index contributed by atoms with van der Waals surface area (Å²) in [6.45, 7) is 0.275. The molecule has 0 bridgehead atoms. The lowest BCUT2D eigenvalue weighted by atomic mass is 10.1. The van der Waals surface area contributed by atoms with Gasteiger partial charge >= 0.3 is 6.36 Å². The molecule has 0 radical (unpaired) electrons. The van der Waals surface area contributed by atoms with Crippen molar-refractivity contribution in [2.45, 2.75) is 57.3 Å². The topological polar surface area (TPSA) is 85.2 Å². The van der Waals surface area contributed by atoms with Crippen LogP contribution in [0.1, 0.15) is 51.0 Å². The van der Waals surface area contributed by atoms with E-state index in [0.29, 0.717) is 17.1 Å². The summed E-state index contributed by atoms with van der Waals surface area (Å²) in [6, 6.07) is 7.51. The number of nitrogens with zero attached hydrogens (tertiary/aromatic N) is 2. The van der Waals surface area contributed by atoms with Crippen LogP contribution in [-0.4, -0.2) is 34.5 Å². The molecule has 1 saturated carbocycles. The number of hydrogen-bond donors (Lipinski definition) is 2. The minimum Gasteiger partial charge on any atom is -0.406 e. The Balaban J connectivity index is 1.64. The molecule has 32 heavy (non-hydrogen) atoms. The van der Waals surface area contributed by atoms with Crippen LogP contribution in [0.2, 0.25) is 0 Å². The molecule has 1 aromatic carbocycles. The Morgan fingerprint density at radius 2 is 1.91 bits per heavy atom. The third kappa shape index (κ3) is 5.41. The van der Waals surface area contributed by atoms with Gasteiger partial charge in [-0.2, -0.15) is 5.10 Å². The molecule has 2 heterocycles. The first kappa shape index (κ1) is 22.2. The molecule has 2 aliphatic rings. The number of halogens is 3. The summed E-state index contributed by atoms with van der Waals surface area (Å²) in [5, 5.41) is 10.0. The third-order valence-electron chi connectivity index (χ3n) is 5.87. The van der Waals surface area contributed by atoms with Gasteiger partial charge in [-0.15, -0.1) is 13.2 Å². The molecular weight excluding hydrogens is 425 g/mol. The molecule has 1 atom stereocenters. The summed E-state index contributed by atoms with van der Waals surface area (Å²) in [5.41, 5.74) is 1.13. The van der Waals surface area contributed by atoms with Crippen molar-refractivity contribution in [1.82, 2.24) is 15.1 Å². The van der Waals surface area contributed by atoms with E-state index in [9.17, 15) is 22.8 Å². The van der Waals surface area contributed by atoms with Crippen LogP contribution in [0.25, 0.3) is 11.3 Å². The average Bonchev–Trinajstić information content (AvgIpc) is 3.25. The zero-order valence-electron chi connectivity index (χ0n) is 17.5. The maximum absolute atomic E-state index is 12.7. The van der Waals surface area contributed by atoms with Crippen molar-refractivity contribution in [3.8, 4) is 17.0 Å². The predicted octanol–water partition coefficient (Wildman–Crippen LogP) is 4.42. The highest BCUT2D eigenvalue weighted by atomic mass is 19.4. The Hall–Kier alpha value is -3.04. The van der Waals surface area contributed by atoms with Crippen LogP contribution in [0.3, 0.4) is 0 Å². The summed E-state index contributed by atoms with van der Waals surface area (Å²) in [7, 11) is 0. The molecule has 1 aliphatic heterocycles. The van der Waals surface area contributed by atoms with Gasteiger partial charge in [-0.05, 0) is 25.0 Å². The summed E-state index contributed by atoms with van der Waals surface area (Å²) >= 11 is 0. The molecule has 2 aromatic rings. The van der Waals surface area contributed by atoms with Gasteiger partial charge in [0.25, 0.3) is 0 Å². The van der Waals surface area contributed by atoms with Gasteiger partial charge in [0.1, 0.15) is 5.75 Å². The minimum absolute atomic E-state index is 0.0834. The first-order valence-electron chi connectivity index (χ1n) is 10.8. The standard InChI is InChI=1S/C22H25F3N4O3/c23-22(24,25)32-17-9-5-6-14(10-17)18-12-19(27-21(31)15-11-20(30)26-13-15)28-29(18)16-7-3-1-2-4-8-16/h5-6,9-10,12,15-16H,1-4,7-8,11,13H2,(H,26,30)(H,27,28,31)/t15-/m1/s1. The first-order chi connectivity index (χ1) is 15.3. The maximum Gasteiger partial charge on any atom is 0.573 e. The van der Waals surface area contributed by atoms with Crippen LogP contribution in [0.4, 0.5) is 19.0 Å². The average molecular weight is 450 g/mol. The smallest absolute Gasteiger partial charge is 0.406 e. The van der Waals surface area contributed by atoms with Crippen molar-refractivity contribution < 1.29 is 27.5 Å². The van der Waals surface area contributed by atoms with Crippen molar-refractivity contribution in [2.75, 3.05) is 11.9 Å². The molecule has 172 valence electrons. The molecule has 7 nitrogen and oxygen atoms in total. The van der Waals surface area contributed by atoms with Gasteiger partial charge in [-0.3, -0.25) is 14.3 Å². The maximum atomic E-state index is 12.7. The molecule has 4 rings (SSSR count). The summed E-state index contributed by atoms with van der Waals surface area (Å²) < 4.78 is 44.0. The molecule has 2 amide bonds. The van der Waals surface area contributed by atoms with E-state index in [4.69, 9.17) is 0 Å². The lowest BCUT2D eigenvalue weighted by Crippen LogP contribution is -2.25. The van der Waals surface area contributed by atoms with Gasteiger partial charge in [-0.1, -0.05) is 37.8 Å². The second-order valence-electron chi connectivity index (χ2n) is 8.27. The number of nitrogens with one attached hydrogen (secondary N) is 2. The first-order valence-corrected chi connectivity index (χ1v) is 10.8. The van der Waals surface area contributed by atoms with Gasteiger partial charge in [0.15, 0.2) is 5.82 Å².